The monoisotopic (exact) mass is 422 g/mol. The average Bonchev–Trinajstić information content (AvgIpc) is 3.24. The first-order chi connectivity index (χ1) is 15.4. The van der Waals surface area contributed by atoms with Crippen molar-refractivity contribution in [3.05, 3.63) is 92.5 Å². The van der Waals surface area contributed by atoms with Crippen molar-refractivity contribution in [3.63, 3.8) is 0 Å². The van der Waals surface area contributed by atoms with Gasteiger partial charge in [0.15, 0.2) is 0 Å². The van der Waals surface area contributed by atoms with E-state index in [1.54, 1.807) is 0 Å². The van der Waals surface area contributed by atoms with Crippen LogP contribution in [0.4, 0.5) is 0 Å². The second-order valence-electron chi connectivity index (χ2n) is 8.73. The molecule has 2 heteroatoms. The van der Waals surface area contributed by atoms with Crippen molar-refractivity contribution in [1.82, 2.24) is 0 Å². The summed E-state index contributed by atoms with van der Waals surface area (Å²) in [6.45, 7) is 10.6. The smallest absolute Gasteiger partial charge is 0.339 e. The summed E-state index contributed by atoms with van der Waals surface area (Å²) in [5.41, 5.74) is 11.8. The van der Waals surface area contributed by atoms with Gasteiger partial charge in [0.1, 0.15) is 0 Å². The van der Waals surface area contributed by atoms with Gasteiger partial charge in [0, 0.05) is 11.1 Å². The molecule has 2 nitrogen and oxygen atoms in total. The Bertz CT molecular complexity index is 1270. The second-order valence-corrected chi connectivity index (χ2v) is 8.73. The maximum atomic E-state index is 13.1. The summed E-state index contributed by atoms with van der Waals surface area (Å²) in [7, 11) is 0. The molecule has 0 aromatic heterocycles. The van der Waals surface area contributed by atoms with E-state index >= 15 is 0 Å². The van der Waals surface area contributed by atoms with E-state index in [-0.39, 0.29) is 5.97 Å². The zero-order chi connectivity index (χ0) is 22.8. The van der Waals surface area contributed by atoms with Crippen LogP contribution in [-0.2, 0) is 17.6 Å². The molecule has 0 aliphatic heterocycles. The second kappa shape index (κ2) is 9.05. The van der Waals surface area contributed by atoms with Gasteiger partial charge in [-0.2, -0.15) is 0 Å². The fraction of sp³-hybridized carbons (Fsp3) is 0.300. The summed E-state index contributed by atoms with van der Waals surface area (Å²) in [6.07, 6.45) is 2.95. The molecule has 0 saturated carbocycles. The lowest BCUT2D eigenvalue weighted by molar-refractivity contribution is 0.0525. The third kappa shape index (κ3) is 4.21. The Morgan fingerprint density at radius 3 is 2.28 bits per heavy atom. The Labute approximate surface area is 191 Å². The van der Waals surface area contributed by atoms with Gasteiger partial charge in [-0.25, -0.2) is 4.79 Å². The highest BCUT2D eigenvalue weighted by Crippen LogP contribution is 2.36. The van der Waals surface area contributed by atoms with Gasteiger partial charge in [-0.15, -0.1) is 0 Å². The molecule has 0 heterocycles. The lowest BCUT2D eigenvalue weighted by atomic mass is 9.88. The largest absolute Gasteiger partial charge is 0.462 e. The molecule has 0 N–H and O–H groups in total. The normalized spacial score (nSPS) is 12.2. The number of ether oxygens (including phenoxy) is 1. The minimum Gasteiger partial charge on any atom is -0.462 e. The van der Waals surface area contributed by atoms with Crippen molar-refractivity contribution in [2.45, 2.75) is 53.9 Å². The minimum absolute atomic E-state index is 0.263. The van der Waals surface area contributed by atoms with Crippen LogP contribution in [-0.4, -0.2) is 12.6 Å². The molecule has 3 aromatic rings. The summed E-state index contributed by atoms with van der Waals surface area (Å²) < 4.78 is 5.51. The van der Waals surface area contributed by atoms with Gasteiger partial charge in [-0.3, -0.25) is 0 Å². The van der Waals surface area contributed by atoms with Crippen LogP contribution in [0.5, 0.6) is 0 Å². The third-order valence-corrected chi connectivity index (χ3v) is 6.54. The summed E-state index contributed by atoms with van der Waals surface area (Å²) >= 11 is 0. The Hall–Kier alpha value is -3.31. The van der Waals surface area contributed by atoms with Crippen LogP contribution < -0.4 is 0 Å². The number of hydrogen-bond acceptors (Lipinski definition) is 2. The zero-order valence-corrected chi connectivity index (χ0v) is 19.7. The fourth-order valence-corrected chi connectivity index (χ4v) is 4.39. The van der Waals surface area contributed by atoms with Crippen molar-refractivity contribution < 1.29 is 9.53 Å². The molecule has 0 atom stereocenters. The van der Waals surface area contributed by atoms with E-state index in [9.17, 15) is 4.79 Å². The number of carbonyl (C=O) groups is 1. The average molecular weight is 423 g/mol. The lowest BCUT2D eigenvalue weighted by Crippen LogP contribution is -2.12. The minimum atomic E-state index is -0.263. The Kier molecular flexibility index (Phi) is 6.19. The molecule has 1 aliphatic carbocycles. The van der Waals surface area contributed by atoms with Gasteiger partial charge < -0.3 is 4.74 Å². The van der Waals surface area contributed by atoms with E-state index in [0.717, 1.165) is 47.1 Å². The Balaban J connectivity index is 1.98. The number of carbonyl (C=O) groups excluding carboxylic acids is 1. The molecule has 0 saturated heterocycles. The molecule has 32 heavy (non-hydrogen) atoms. The van der Waals surface area contributed by atoms with E-state index in [4.69, 9.17) is 4.74 Å². The van der Waals surface area contributed by atoms with Crippen LogP contribution in [0.15, 0.2) is 42.5 Å². The summed E-state index contributed by atoms with van der Waals surface area (Å²) in [5.74, 6) is 6.47. The molecule has 4 rings (SSSR count). The van der Waals surface area contributed by atoms with E-state index in [1.165, 1.54) is 27.8 Å². The zero-order valence-electron chi connectivity index (χ0n) is 19.7. The van der Waals surface area contributed by atoms with Crippen LogP contribution in [0.2, 0.25) is 0 Å². The molecule has 0 radical (unpaired) electrons. The van der Waals surface area contributed by atoms with Crippen molar-refractivity contribution in [2.75, 3.05) is 6.61 Å². The molecule has 0 bridgehead atoms. The van der Waals surface area contributed by atoms with E-state index < -0.39 is 0 Å². The first-order valence-corrected chi connectivity index (χ1v) is 11.4. The third-order valence-electron chi connectivity index (χ3n) is 6.54. The van der Waals surface area contributed by atoms with Crippen molar-refractivity contribution in [3.8, 4) is 23.0 Å². The number of rotatable bonds is 3. The van der Waals surface area contributed by atoms with Crippen LogP contribution in [0.25, 0.3) is 11.1 Å². The van der Waals surface area contributed by atoms with Gasteiger partial charge in [-0.1, -0.05) is 36.1 Å². The first-order valence-electron chi connectivity index (χ1n) is 11.4. The number of aryl methyl sites for hydroxylation is 5. The number of hydrogen-bond donors (Lipinski definition) is 0. The molecule has 3 aromatic carbocycles. The van der Waals surface area contributed by atoms with E-state index in [2.05, 4.69) is 75.9 Å². The van der Waals surface area contributed by atoms with Crippen molar-refractivity contribution in [2.24, 2.45) is 0 Å². The standard InChI is InChI=1S/C30H30O2/c1-6-32-30(31)29-26-9-7-8-24(26)18-28(25-14-11-20(3)22(5)17-25)27(29)15-13-23-12-10-19(2)21(4)16-23/h10-12,14,16-18H,6-9H2,1-5H3. The highest BCUT2D eigenvalue weighted by atomic mass is 16.5. The van der Waals surface area contributed by atoms with Crippen LogP contribution in [0.3, 0.4) is 0 Å². The highest BCUT2D eigenvalue weighted by Gasteiger charge is 2.26. The maximum Gasteiger partial charge on any atom is 0.339 e. The van der Waals surface area contributed by atoms with Gasteiger partial charge in [0.05, 0.1) is 12.2 Å². The van der Waals surface area contributed by atoms with Gasteiger partial charge in [0.2, 0.25) is 0 Å². The maximum absolute atomic E-state index is 13.1. The summed E-state index contributed by atoms with van der Waals surface area (Å²) in [6, 6.07) is 15.0. The molecule has 0 fully saturated rings. The number of fused-ring (bicyclic) bond motifs is 1. The van der Waals surface area contributed by atoms with Crippen LogP contribution in [0, 0.1) is 39.5 Å². The lowest BCUT2D eigenvalue weighted by Gasteiger charge is -2.16. The van der Waals surface area contributed by atoms with Crippen LogP contribution >= 0.6 is 0 Å². The molecule has 0 unspecified atom stereocenters. The summed E-state index contributed by atoms with van der Waals surface area (Å²) in [4.78, 5) is 13.1. The predicted octanol–water partition coefficient (Wildman–Crippen LogP) is 6.65. The fourth-order valence-electron chi connectivity index (χ4n) is 4.39. The predicted molar refractivity (Wildman–Crippen MR) is 131 cm³/mol. The highest BCUT2D eigenvalue weighted by molar-refractivity contribution is 5.98. The summed E-state index contributed by atoms with van der Waals surface area (Å²) in [5, 5.41) is 0. The molecule has 0 spiro atoms. The molecule has 1 aliphatic rings. The Morgan fingerprint density at radius 2 is 1.59 bits per heavy atom. The van der Waals surface area contributed by atoms with E-state index in [0.29, 0.717) is 12.2 Å². The molecule has 162 valence electrons. The topological polar surface area (TPSA) is 26.3 Å². The Morgan fingerprint density at radius 1 is 0.875 bits per heavy atom. The number of benzene rings is 3. The van der Waals surface area contributed by atoms with Crippen molar-refractivity contribution in [1.29, 1.82) is 0 Å². The quantitative estimate of drug-likeness (QED) is 0.349. The van der Waals surface area contributed by atoms with Gasteiger partial charge in [-0.05, 0) is 117 Å². The number of esters is 1. The SMILES string of the molecule is CCOC(=O)c1c(C#Cc2ccc(C)c(C)c2)c(-c2ccc(C)c(C)c2)cc2c1CCC2. The first kappa shape index (κ1) is 21.9. The van der Waals surface area contributed by atoms with Crippen LogP contribution in [0.1, 0.15) is 68.2 Å². The molecule has 0 amide bonds. The molecular weight excluding hydrogens is 392 g/mol. The van der Waals surface area contributed by atoms with Gasteiger partial charge >= 0.3 is 5.97 Å². The van der Waals surface area contributed by atoms with Crippen molar-refractivity contribution >= 4 is 5.97 Å². The molecular formula is C30H30O2. The van der Waals surface area contributed by atoms with Gasteiger partial charge in [0.25, 0.3) is 0 Å². The van der Waals surface area contributed by atoms with E-state index in [1.807, 2.05) is 13.0 Å².